The van der Waals surface area contributed by atoms with E-state index in [0.29, 0.717) is 19.0 Å². The van der Waals surface area contributed by atoms with Crippen LogP contribution >= 0.6 is 0 Å². The number of benzene rings is 1. The summed E-state index contributed by atoms with van der Waals surface area (Å²) in [7, 11) is 1.67. The molecule has 1 aromatic heterocycles. The molecular formula is C16H21N3O3. The summed E-state index contributed by atoms with van der Waals surface area (Å²) in [5.41, 5.74) is 1.12. The van der Waals surface area contributed by atoms with E-state index in [9.17, 15) is 0 Å². The first-order valence-corrected chi connectivity index (χ1v) is 7.62. The van der Waals surface area contributed by atoms with Crippen molar-refractivity contribution in [3.63, 3.8) is 0 Å². The maximum absolute atomic E-state index is 5.87. The molecule has 0 bridgehead atoms. The van der Waals surface area contributed by atoms with Gasteiger partial charge in [0.1, 0.15) is 0 Å². The van der Waals surface area contributed by atoms with Crippen molar-refractivity contribution in [1.29, 1.82) is 0 Å². The van der Waals surface area contributed by atoms with Gasteiger partial charge in [-0.15, -0.1) is 0 Å². The van der Waals surface area contributed by atoms with Crippen molar-refractivity contribution in [3.8, 4) is 11.5 Å². The molecule has 6 nitrogen and oxygen atoms in total. The normalized spacial score (nSPS) is 15.5. The van der Waals surface area contributed by atoms with E-state index in [1.54, 1.807) is 7.11 Å². The van der Waals surface area contributed by atoms with Gasteiger partial charge in [0.15, 0.2) is 17.3 Å². The van der Waals surface area contributed by atoms with Gasteiger partial charge in [-0.05, 0) is 12.5 Å². The van der Waals surface area contributed by atoms with Gasteiger partial charge in [0.05, 0.1) is 20.3 Å². The molecule has 2 aromatic rings. The number of hydrogen-bond donors (Lipinski definition) is 0. The van der Waals surface area contributed by atoms with Crippen LogP contribution in [0.15, 0.2) is 22.7 Å². The van der Waals surface area contributed by atoms with E-state index in [4.69, 9.17) is 14.0 Å². The predicted octanol–water partition coefficient (Wildman–Crippen LogP) is 2.43. The zero-order valence-corrected chi connectivity index (χ0v) is 13.0. The van der Waals surface area contributed by atoms with Gasteiger partial charge in [-0.25, -0.2) is 0 Å². The molecule has 0 saturated heterocycles. The van der Waals surface area contributed by atoms with Crippen LogP contribution < -0.4 is 9.47 Å². The van der Waals surface area contributed by atoms with Crippen molar-refractivity contribution in [2.45, 2.75) is 32.9 Å². The lowest BCUT2D eigenvalue weighted by molar-refractivity contribution is 0.190. The summed E-state index contributed by atoms with van der Waals surface area (Å²) in [4.78, 5) is 6.70. The van der Waals surface area contributed by atoms with E-state index in [1.165, 1.54) is 0 Å². The summed E-state index contributed by atoms with van der Waals surface area (Å²) in [5, 5.41) is 4.04. The average Bonchev–Trinajstić information content (AvgIpc) is 2.97. The molecule has 3 rings (SSSR count). The molecule has 22 heavy (non-hydrogen) atoms. The van der Waals surface area contributed by atoms with Gasteiger partial charge in [-0.2, -0.15) is 4.98 Å². The Kier molecular flexibility index (Phi) is 4.58. The van der Waals surface area contributed by atoms with Crippen LogP contribution in [0.1, 0.15) is 30.6 Å². The molecule has 2 heterocycles. The molecule has 1 aliphatic rings. The number of rotatable bonds is 4. The van der Waals surface area contributed by atoms with Crippen molar-refractivity contribution in [3.05, 3.63) is 35.5 Å². The topological polar surface area (TPSA) is 60.6 Å². The van der Waals surface area contributed by atoms with E-state index in [0.717, 1.165) is 48.8 Å². The first-order chi connectivity index (χ1) is 10.8. The minimum atomic E-state index is 0.677. The number of aryl methyl sites for hydroxylation is 1. The zero-order chi connectivity index (χ0) is 15.4. The standard InChI is InChI=1S/C16H21N3O3/c1-3-15-17-14(18-22-15)11-19-8-5-9-21-16-12(10-19)6-4-7-13(16)20-2/h4,6-7H,3,5,8-11H2,1-2H3. The second-order valence-electron chi connectivity index (χ2n) is 5.32. The van der Waals surface area contributed by atoms with E-state index >= 15 is 0 Å². The Balaban J connectivity index is 1.78. The van der Waals surface area contributed by atoms with Crippen LogP contribution in [-0.4, -0.2) is 35.3 Å². The quantitative estimate of drug-likeness (QED) is 0.864. The molecule has 0 atom stereocenters. The van der Waals surface area contributed by atoms with E-state index < -0.39 is 0 Å². The summed E-state index contributed by atoms with van der Waals surface area (Å²) in [6.45, 7) is 5.08. The number of ether oxygens (including phenoxy) is 2. The number of nitrogens with zero attached hydrogens (tertiary/aromatic N) is 3. The summed E-state index contributed by atoms with van der Waals surface area (Å²) in [6.07, 6.45) is 1.72. The second kappa shape index (κ2) is 6.79. The summed E-state index contributed by atoms with van der Waals surface area (Å²) < 4.78 is 16.5. The van der Waals surface area contributed by atoms with Crippen molar-refractivity contribution in [2.24, 2.45) is 0 Å². The van der Waals surface area contributed by atoms with Crippen LogP contribution in [0.3, 0.4) is 0 Å². The highest BCUT2D eigenvalue weighted by atomic mass is 16.5. The summed E-state index contributed by atoms with van der Waals surface area (Å²) in [5.74, 6) is 3.06. The monoisotopic (exact) mass is 303 g/mol. The Morgan fingerprint density at radius 2 is 2.27 bits per heavy atom. The van der Waals surface area contributed by atoms with Gasteiger partial charge in [0.25, 0.3) is 0 Å². The number of fused-ring (bicyclic) bond motifs is 1. The highest BCUT2D eigenvalue weighted by Gasteiger charge is 2.18. The third-order valence-electron chi connectivity index (χ3n) is 3.72. The van der Waals surface area contributed by atoms with E-state index in [-0.39, 0.29) is 0 Å². The van der Waals surface area contributed by atoms with Crippen LogP contribution in [-0.2, 0) is 19.5 Å². The molecule has 0 aliphatic carbocycles. The number of para-hydroxylation sites is 1. The second-order valence-corrected chi connectivity index (χ2v) is 5.32. The van der Waals surface area contributed by atoms with Crippen molar-refractivity contribution < 1.29 is 14.0 Å². The lowest BCUT2D eigenvalue weighted by atomic mass is 10.1. The predicted molar refractivity (Wildman–Crippen MR) is 80.9 cm³/mol. The lowest BCUT2D eigenvalue weighted by Crippen LogP contribution is -2.28. The molecule has 1 aromatic carbocycles. The summed E-state index contributed by atoms with van der Waals surface area (Å²) in [6, 6.07) is 5.99. The van der Waals surface area contributed by atoms with E-state index in [2.05, 4.69) is 21.1 Å². The van der Waals surface area contributed by atoms with Gasteiger partial charge in [-0.3, -0.25) is 4.90 Å². The highest BCUT2D eigenvalue weighted by molar-refractivity contribution is 5.46. The van der Waals surface area contributed by atoms with Gasteiger partial charge in [-0.1, -0.05) is 24.2 Å². The maximum atomic E-state index is 5.87. The molecule has 0 N–H and O–H groups in total. The number of methoxy groups -OCH3 is 1. The third-order valence-corrected chi connectivity index (χ3v) is 3.72. The minimum absolute atomic E-state index is 0.677. The highest BCUT2D eigenvalue weighted by Crippen LogP contribution is 2.33. The molecule has 0 fully saturated rings. The van der Waals surface area contributed by atoms with Gasteiger partial charge >= 0.3 is 0 Å². The molecular weight excluding hydrogens is 282 g/mol. The van der Waals surface area contributed by atoms with Crippen molar-refractivity contribution in [1.82, 2.24) is 15.0 Å². The Labute approximate surface area is 130 Å². The molecule has 0 amide bonds. The van der Waals surface area contributed by atoms with Crippen LogP contribution in [0.5, 0.6) is 11.5 Å². The van der Waals surface area contributed by atoms with Gasteiger partial charge in [0, 0.05) is 25.1 Å². The number of aromatic nitrogens is 2. The first kappa shape index (κ1) is 14.8. The fourth-order valence-electron chi connectivity index (χ4n) is 2.63. The largest absolute Gasteiger partial charge is 0.493 e. The number of hydrogen-bond acceptors (Lipinski definition) is 6. The maximum Gasteiger partial charge on any atom is 0.226 e. The van der Waals surface area contributed by atoms with Crippen LogP contribution in [0.25, 0.3) is 0 Å². The van der Waals surface area contributed by atoms with E-state index in [1.807, 2.05) is 19.1 Å². The molecule has 0 radical (unpaired) electrons. The Morgan fingerprint density at radius 1 is 1.36 bits per heavy atom. The SMILES string of the molecule is CCc1nc(CN2CCCOc3c(cccc3OC)C2)no1. The van der Waals surface area contributed by atoms with Gasteiger partial charge < -0.3 is 14.0 Å². The van der Waals surface area contributed by atoms with Crippen molar-refractivity contribution >= 4 is 0 Å². The molecule has 0 saturated carbocycles. The zero-order valence-electron chi connectivity index (χ0n) is 13.0. The van der Waals surface area contributed by atoms with Crippen LogP contribution in [0.4, 0.5) is 0 Å². The first-order valence-electron chi connectivity index (χ1n) is 7.62. The minimum Gasteiger partial charge on any atom is -0.493 e. The van der Waals surface area contributed by atoms with Gasteiger partial charge in [0.2, 0.25) is 5.89 Å². The van der Waals surface area contributed by atoms with Crippen molar-refractivity contribution in [2.75, 3.05) is 20.3 Å². The Bertz CT molecular complexity index is 627. The molecule has 118 valence electrons. The average molecular weight is 303 g/mol. The third kappa shape index (κ3) is 3.22. The Morgan fingerprint density at radius 3 is 3.05 bits per heavy atom. The fraction of sp³-hybridized carbons (Fsp3) is 0.500. The Hall–Kier alpha value is -2.08. The molecule has 0 unspecified atom stereocenters. The fourth-order valence-corrected chi connectivity index (χ4v) is 2.63. The summed E-state index contributed by atoms with van der Waals surface area (Å²) >= 11 is 0. The smallest absolute Gasteiger partial charge is 0.226 e. The molecule has 0 spiro atoms. The molecule has 1 aliphatic heterocycles. The molecule has 6 heteroatoms. The lowest BCUT2D eigenvalue weighted by Gasteiger charge is -2.26. The van der Waals surface area contributed by atoms with Crippen LogP contribution in [0, 0.1) is 0 Å². The van der Waals surface area contributed by atoms with Crippen LogP contribution in [0.2, 0.25) is 0 Å².